The second-order valence-electron chi connectivity index (χ2n) is 8.64. The fraction of sp³-hybridized carbons (Fsp3) is 0.440. The molecule has 0 saturated carbocycles. The second-order valence-corrected chi connectivity index (χ2v) is 9.49. The summed E-state index contributed by atoms with van der Waals surface area (Å²) in [6.45, 7) is 5.20. The van der Waals surface area contributed by atoms with Gasteiger partial charge in [0.15, 0.2) is 11.5 Å². The summed E-state index contributed by atoms with van der Waals surface area (Å²) in [6.07, 6.45) is 0. The molecule has 1 heterocycles. The van der Waals surface area contributed by atoms with E-state index in [0.717, 1.165) is 5.56 Å². The molecule has 0 bridgehead atoms. The van der Waals surface area contributed by atoms with Crippen molar-refractivity contribution in [1.29, 1.82) is 0 Å². The summed E-state index contributed by atoms with van der Waals surface area (Å²) in [5, 5.41) is 3.74. The number of likely N-dealkylation sites (tertiary alicyclic amines) is 1. The van der Waals surface area contributed by atoms with E-state index < -0.39 is 5.92 Å². The van der Waals surface area contributed by atoms with Crippen LogP contribution in [-0.4, -0.2) is 57.7 Å². The smallest absolute Gasteiger partial charge is 0.255 e. The average molecular weight is 509 g/mol. The van der Waals surface area contributed by atoms with Crippen molar-refractivity contribution in [2.45, 2.75) is 19.8 Å². The topological polar surface area (TPSA) is 77.1 Å². The number of methoxy groups -OCH3 is 3. The van der Waals surface area contributed by atoms with Crippen molar-refractivity contribution in [3.8, 4) is 17.2 Å². The zero-order valence-corrected chi connectivity index (χ0v) is 21.5. The number of halogens is 2. The van der Waals surface area contributed by atoms with Gasteiger partial charge in [-0.05, 0) is 41.8 Å². The van der Waals surface area contributed by atoms with Gasteiger partial charge in [0.1, 0.15) is 0 Å². The molecule has 34 heavy (non-hydrogen) atoms. The van der Waals surface area contributed by atoms with Crippen molar-refractivity contribution in [3.05, 3.63) is 51.5 Å². The average Bonchev–Trinajstić information content (AvgIpc) is 3.26. The molecule has 1 fully saturated rings. The molecule has 1 aliphatic rings. The second kappa shape index (κ2) is 11.2. The van der Waals surface area contributed by atoms with Gasteiger partial charge in [-0.25, -0.2) is 0 Å². The van der Waals surface area contributed by atoms with Gasteiger partial charge in [0, 0.05) is 30.6 Å². The van der Waals surface area contributed by atoms with Crippen LogP contribution in [0.5, 0.6) is 17.2 Å². The quantitative estimate of drug-likeness (QED) is 0.561. The highest BCUT2D eigenvalue weighted by Gasteiger charge is 2.41. The Bertz CT molecular complexity index is 1030. The Morgan fingerprint density at radius 3 is 2.21 bits per heavy atom. The summed E-state index contributed by atoms with van der Waals surface area (Å²) >= 11 is 12.3. The summed E-state index contributed by atoms with van der Waals surface area (Å²) in [7, 11) is 4.62. The first-order valence-electron chi connectivity index (χ1n) is 11.0. The van der Waals surface area contributed by atoms with E-state index in [0.29, 0.717) is 46.8 Å². The fourth-order valence-electron chi connectivity index (χ4n) is 4.16. The molecule has 184 valence electrons. The van der Waals surface area contributed by atoms with Gasteiger partial charge < -0.3 is 24.4 Å². The maximum atomic E-state index is 13.3. The third kappa shape index (κ3) is 5.53. The number of carbonyl (C=O) groups excluding carboxylic acids is 2. The van der Waals surface area contributed by atoms with E-state index in [1.54, 1.807) is 31.3 Å². The summed E-state index contributed by atoms with van der Waals surface area (Å²) in [5.74, 6) is 0.646. The van der Waals surface area contributed by atoms with Crippen LogP contribution in [0.2, 0.25) is 10.0 Å². The largest absolute Gasteiger partial charge is 0.493 e. The minimum Gasteiger partial charge on any atom is -0.493 e. The van der Waals surface area contributed by atoms with Crippen molar-refractivity contribution in [2.24, 2.45) is 11.8 Å². The summed E-state index contributed by atoms with van der Waals surface area (Å²) in [6, 6.07) is 8.43. The minimum absolute atomic E-state index is 0.107. The molecule has 0 aliphatic carbocycles. The highest BCUT2D eigenvalue weighted by molar-refractivity contribution is 6.36. The van der Waals surface area contributed by atoms with Gasteiger partial charge in [-0.2, -0.15) is 0 Å². The number of rotatable bonds is 8. The molecule has 0 unspecified atom stereocenters. The summed E-state index contributed by atoms with van der Waals surface area (Å²) in [5.41, 5.74) is 1.16. The first-order chi connectivity index (χ1) is 16.2. The van der Waals surface area contributed by atoms with Crippen molar-refractivity contribution in [3.63, 3.8) is 0 Å². The van der Waals surface area contributed by atoms with E-state index in [4.69, 9.17) is 37.4 Å². The standard InChI is InChI=1S/C25H30Cl2N2O5/c1-14(2)11-28-24(30)19-13-29(25(31)17-7-6-16(26)10-20(17)27)12-18(19)15-8-21(32-3)23(34-5)22(9-15)33-4/h6-10,14,18-19H,11-13H2,1-5H3,(H,28,30)/t18-,19-/m0/s1. The molecule has 0 aromatic heterocycles. The Balaban J connectivity index is 1.99. The molecule has 2 aromatic rings. The molecule has 7 nitrogen and oxygen atoms in total. The molecule has 2 amide bonds. The normalized spacial score (nSPS) is 17.6. The van der Waals surface area contributed by atoms with Crippen LogP contribution in [0.1, 0.15) is 35.7 Å². The highest BCUT2D eigenvalue weighted by Crippen LogP contribution is 2.43. The van der Waals surface area contributed by atoms with E-state index in [1.165, 1.54) is 13.2 Å². The Morgan fingerprint density at radius 1 is 1.03 bits per heavy atom. The Kier molecular flexibility index (Phi) is 8.55. The van der Waals surface area contributed by atoms with Gasteiger partial charge >= 0.3 is 0 Å². The van der Waals surface area contributed by atoms with Crippen LogP contribution in [-0.2, 0) is 4.79 Å². The van der Waals surface area contributed by atoms with Crippen LogP contribution in [0.4, 0.5) is 0 Å². The van der Waals surface area contributed by atoms with Crippen LogP contribution in [0.15, 0.2) is 30.3 Å². The van der Waals surface area contributed by atoms with Crippen molar-refractivity contribution in [2.75, 3.05) is 41.0 Å². The lowest BCUT2D eigenvalue weighted by atomic mass is 9.87. The first-order valence-corrected chi connectivity index (χ1v) is 11.8. The number of ether oxygens (including phenoxy) is 3. The number of benzene rings is 2. The fourth-order valence-corrected chi connectivity index (χ4v) is 4.65. The number of carbonyl (C=O) groups is 2. The van der Waals surface area contributed by atoms with Gasteiger partial charge in [0.25, 0.3) is 5.91 Å². The zero-order chi connectivity index (χ0) is 25.0. The summed E-state index contributed by atoms with van der Waals surface area (Å²) in [4.78, 5) is 28.2. The van der Waals surface area contributed by atoms with Crippen molar-refractivity contribution >= 4 is 35.0 Å². The maximum absolute atomic E-state index is 13.3. The van der Waals surface area contributed by atoms with E-state index in [1.807, 2.05) is 26.0 Å². The predicted octanol–water partition coefficient (Wildman–Crippen LogP) is 4.65. The Hall–Kier alpha value is -2.64. The summed E-state index contributed by atoms with van der Waals surface area (Å²) < 4.78 is 16.5. The van der Waals surface area contributed by atoms with E-state index in [9.17, 15) is 9.59 Å². The molecule has 0 radical (unpaired) electrons. The molecule has 1 aliphatic heterocycles. The van der Waals surface area contributed by atoms with Gasteiger partial charge in [-0.15, -0.1) is 0 Å². The maximum Gasteiger partial charge on any atom is 0.255 e. The van der Waals surface area contributed by atoms with Crippen LogP contribution >= 0.6 is 23.2 Å². The number of hydrogen-bond acceptors (Lipinski definition) is 5. The molecule has 9 heteroatoms. The lowest BCUT2D eigenvalue weighted by molar-refractivity contribution is -0.125. The Labute approximate surface area is 210 Å². The zero-order valence-electron chi connectivity index (χ0n) is 20.0. The van der Waals surface area contributed by atoms with E-state index >= 15 is 0 Å². The van der Waals surface area contributed by atoms with Gasteiger partial charge in [-0.3, -0.25) is 9.59 Å². The SMILES string of the molecule is COc1cc([C@@H]2CN(C(=O)c3ccc(Cl)cc3Cl)C[C@@H]2C(=O)NCC(C)C)cc(OC)c1OC. The van der Waals surface area contributed by atoms with Gasteiger partial charge in [-0.1, -0.05) is 37.0 Å². The predicted molar refractivity (Wildman–Crippen MR) is 133 cm³/mol. The number of nitrogens with one attached hydrogen (secondary N) is 1. The molecular formula is C25H30Cl2N2O5. The molecule has 0 spiro atoms. The van der Waals surface area contributed by atoms with Gasteiger partial charge in [0.2, 0.25) is 11.7 Å². The number of nitrogens with zero attached hydrogens (tertiary/aromatic N) is 1. The third-order valence-corrected chi connectivity index (χ3v) is 6.45. The molecule has 1 N–H and O–H groups in total. The lowest BCUT2D eigenvalue weighted by Gasteiger charge is -2.21. The first kappa shape index (κ1) is 26.0. The van der Waals surface area contributed by atoms with Crippen molar-refractivity contribution < 1.29 is 23.8 Å². The van der Waals surface area contributed by atoms with Crippen molar-refractivity contribution in [1.82, 2.24) is 10.2 Å². The van der Waals surface area contributed by atoms with Crippen LogP contribution in [0.3, 0.4) is 0 Å². The molecule has 2 atom stereocenters. The molecule has 3 rings (SSSR count). The minimum atomic E-state index is -0.461. The lowest BCUT2D eigenvalue weighted by Crippen LogP contribution is -2.37. The van der Waals surface area contributed by atoms with E-state index in [-0.39, 0.29) is 29.3 Å². The monoisotopic (exact) mass is 508 g/mol. The number of amides is 2. The van der Waals surface area contributed by atoms with Crippen LogP contribution < -0.4 is 19.5 Å². The van der Waals surface area contributed by atoms with Crippen LogP contribution in [0, 0.1) is 11.8 Å². The highest BCUT2D eigenvalue weighted by atomic mass is 35.5. The third-order valence-electron chi connectivity index (χ3n) is 5.91. The van der Waals surface area contributed by atoms with Crippen LogP contribution in [0.25, 0.3) is 0 Å². The van der Waals surface area contributed by atoms with E-state index in [2.05, 4.69) is 5.32 Å². The molecular weight excluding hydrogens is 479 g/mol. The molecule has 2 aromatic carbocycles. The Morgan fingerprint density at radius 2 is 1.68 bits per heavy atom. The molecule has 1 saturated heterocycles. The number of hydrogen-bond donors (Lipinski definition) is 1. The van der Waals surface area contributed by atoms with Gasteiger partial charge in [0.05, 0.1) is 37.8 Å².